The van der Waals surface area contributed by atoms with Gasteiger partial charge in [-0.1, -0.05) is 54.6 Å². The number of carboxylic acids is 1. The van der Waals surface area contributed by atoms with Crippen LogP contribution in [0.3, 0.4) is 0 Å². The third-order valence-electron chi connectivity index (χ3n) is 7.15. The molecule has 1 aliphatic heterocycles. The molecule has 190 valence electrons. The number of carbonyl (C=O) groups excluding carboxylic acids is 1. The molecule has 1 amide bonds. The van der Waals surface area contributed by atoms with Gasteiger partial charge in [-0.15, -0.1) is 0 Å². The number of aryl methyl sites for hydroxylation is 2. The van der Waals surface area contributed by atoms with Gasteiger partial charge in [0, 0.05) is 30.2 Å². The van der Waals surface area contributed by atoms with E-state index in [0.29, 0.717) is 43.0 Å². The first-order valence-corrected chi connectivity index (χ1v) is 12.5. The number of carbonyl (C=O) groups is 2. The fraction of sp³-hybridized carbons (Fsp3) is 0.267. The maximum Gasteiger partial charge on any atom is 0.390 e. The monoisotopic (exact) mass is 498 g/mol. The first kappa shape index (κ1) is 24.4. The molecule has 1 aliphatic rings. The summed E-state index contributed by atoms with van der Waals surface area (Å²) in [6.45, 7) is 4.54. The van der Waals surface area contributed by atoms with Crippen LogP contribution in [0.2, 0.25) is 0 Å². The summed E-state index contributed by atoms with van der Waals surface area (Å²) in [4.78, 5) is 31.3. The zero-order valence-corrected chi connectivity index (χ0v) is 20.9. The predicted octanol–water partition coefficient (Wildman–Crippen LogP) is 5.58. The number of H-pyrrole nitrogens is 1. The lowest BCUT2D eigenvalue weighted by Crippen LogP contribution is -2.59. The van der Waals surface area contributed by atoms with Crippen molar-refractivity contribution < 1.29 is 24.2 Å². The number of fused-ring (bicyclic) bond motifs is 1. The number of aromatic amines is 1. The molecule has 0 bridgehead atoms. The Morgan fingerprint density at radius 3 is 1.97 bits per heavy atom. The smallest absolute Gasteiger partial charge is 0.390 e. The van der Waals surface area contributed by atoms with E-state index in [-0.39, 0.29) is 5.91 Å². The van der Waals surface area contributed by atoms with Gasteiger partial charge in [0.2, 0.25) is 0 Å². The Morgan fingerprint density at radius 1 is 0.865 bits per heavy atom. The number of para-hydroxylation sites is 3. The summed E-state index contributed by atoms with van der Waals surface area (Å²) in [5, 5.41) is 11.5. The largest absolute Gasteiger partial charge is 0.475 e. The van der Waals surface area contributed by atoms with Crippen molar-refractivity contribution in [2.75, 3.05) is 13.1 Å². The van der Waals surface area contributed by atoms with Gasteiger partial charge in [0.15, 0.2) is 0 Å². The Kier molecular flexibility index (Phi) is 6.61. The molecule has 1 fully saturated rings. The van der Waals surface area contributed by atoms with Crippen LogP contribution < -0.4 is 9.47 Å². The highest BCUT2D eigenvalue weighted by Gasteiger charge is 2.53. The van der Waals surface area contributed by atoms with Crippen LogP contribution in [-0.2, 0) is 4.79 Å². The molecule has 5 rings (SSSR count). The highest BCUT2D eigenvalue weighted by molar-refractivity contribution is 6.06. The van der Waals surface area contributed by atoms with Gasteiger partial charge in [0.05, 0.1) is 11.5 Å². The zero-order valence-electron chi connectivity index (χ0n) is 20.9. The van der Waals surface area contributed by atoms with Gasteiger partial charge >= 0.3 is 11.8 Å². The molecule has 0 saturated carbocycles. The van der Waals surface area contributed by atoms with Gasteiger partial charge in [-0.3, -0.25) is 4.79 Å². The van der Waals surface area contributed by atoms with Crippen LogP contribution in [0.4, 0.5) is 0 Å². The van der Waals surface area contributed by atoms with Crippen LogP contribution in [0.1, 0.15) is 34.3 Å². The average Bonchev–Trinajstić information content (AvgIpc) is 3.34. The molecule has 0 spiro atoms. The maximum atomic E-state index is 13.4. The summed E-state index contributed by atoms with van der Waals surface area (Å²) in [6, 6.07) is 22.3. The van der Waals surface area contributed by atoms with Crippen molar-refractivity contribution in [3.05, 3.63) is 95.7 Å². The van der Waals surface area contributed by atoms with Gasteiger partial charge in [-0.2, -0.15) is 0 Å². The van der Waals surface area contributed by atoms with Crippen molar-refractivity contribution in [2.24, 2.45) is 5.92 Å². The first-order chi connectivity index (χ1) is 17.9. The fourth-order valence-corrected chi connectivity index (χ4v) is 5.00. The quantitative estimate of drug-likeness (QED) is 0.325. The van der Waals surface area contributed by atoms with Crippen LogP contribution in [0.15, 0.2) is 79.0 Å². The summed E-state index contributed by atoms with van der Waals surface area (Å²) < 4.78 is 12.6. The van der Waals surface area contributed by atoms with Gasteiger partial charge in [-0.25, -0.2) is 4.79 Å². The number of nitrogens with one attached hydrogen (secondary N) is 1. The van der Waals surface area contributed by atoms with E-state index in [4.69, 9.17) is 9.47 Å². The number of aromatic nitrogens is 1. The molecule has 0 atom stereocenters. The molecular weight excluding hydrogens is 468 g/mol. The van der Waals surface area contributed by atoms with E-state index in [1.807, 2.05) is 74.5 Å². The second kappa shape index (κ2) is 10.0. The number of ether oxygens (including phenoxy) is 2. The fourth-order valence-electron chi connectivity index (χ4n) is 5.00. The van der Waals surface area contributed by atoms with E-state index < -0.39 is 17.7 Å². The molecule has 1 saturated heterocycles. The molecule has 37 heavy (non-hydrogen) atoms. The molecule has 7 heteroatoms. The summed E-state index contributed by atoms with van der Waals surface area (Å²) >= 11 is 0. The highest BCUT2D eigenvalue weighted by atomic mass is 16.7. The molecule has 0 aliphatic carbocycles. The van der Waals surface area contributed by atoms with Crippen LogP contribution in [0, 0.1) is 19.8 Å². The summed E-state index contributed by atoms with van der Waals surface area (Å²) in [7, 11) is 0. The second-order valence-electron chi connectivity index (χ2n) is 9.52. The number of nitrogens with zero attached hydrogens (tertiary/aromatic N) is 1. The lowest BCUT2D eigenvalue weighted by molar-refractivity contribution is -0.204. The van der Waals surface area contributed by atoms with E-state index in [1.54, 1.807) is 23.2 Å². The maximum absolute atomic E-state index is 13.4. The number of amides is 1. The minimum Gasteiger partial charge on any atom is -0.475 e. The van der Waals surface area contributed by atoms with Crippen molar-refractivity contribution >= 4 is 22.8 Å². The minimum absolute atomic E-state index is 0.0727. The third-order valence-corrected chi connectivity index (χ3v) is 7.15. The number of aliphatic carboxylic acids is 1. The van der Waals surface area contributed by atoms with Gasteiger partial charge in [0.1, 0.15) is 11.5 Å². The molecule has 2 N–H and O–H groups in total. The molecule has 1 aromatic heterocycles. The minimum atomic E-state index is -1.95. The molecular formula is C30H30N2O5. The van der Waals surface area contributed by atoms with Gasteiger partial charge < -0.3 is 24.5 Å². The Hall–Kier alpha value is -4.26. The average molecular weight is 499 g/mol. The molecule has 0 radical (unpaired) electrons. The number of piperidine rings is 1. The van der Waals surface area contributed by atoms with Crippen LogP contribution >= 0.6 is 0 Å². The Bertz CT molecular complexity index is 1390. The van der Waals surface area contributed by atoms with E-state index in [9.17, 15) is 14.7 Å². The molecule has 3 aromatic carbocycles. The Morgan fingerprint density at radius 2 is 1.41 bits per heavy atom. The van der Waals surface area contributed by atoms with E-state index in [1.165, 1.54) is 0 Å². The van der Waals surface area contributed by atoms with Crippen molar-refractivity contribution in [1.82, 2.24) is 9.88 Å². The van der Waals surface area contributed by atoms with Crippen molar-refractivity contribution in [2.45, 2.75) is 32.5 Å². The molecule has 0 unspecified atom stereocenters. The van der Waals surface area contributed by atoms with Crippen molar-refractivity contribution in [3.8, 4) is 11.5 Å². The first-order valence-electron chi connectivity index (χ1n) is 12.5. The Labute approximate surface area is 215 Å². The van der Waals surface area contributed by atoms with Crippen LogP contribution in [0.25, 0.3) is 10.9 Å². The summed E-state index contributed by atoms with van der Waals surface area (Å²) in [5.74, 6) is -2.80. The zero-order chi connectivity index (χ0) is 26.0. The van der Waals surface area contributed by atoms with Crippen LogP contribution in [-0.4, -0.2) is 45.7 Å². The number of likely N-dealkylation sites (tertiary alicyclic amines) is 1. The second-order valence-corrected chi connectivity index (χ2v) is 9.52. The standard InChI is InChI=1S/C30H30N2O5/c1-20-9-3-7-13-26(20)36-30(29(34)35,37-27-14-8-4-10-21(27)2)22-15-17-32(18-16-22)28(33)24-19-31-25-12-6-5-11-23(24)25/h3-14,19,22,31H,15-18H2,1-2H3,(H,34,35). The summed E-state index contributed by atoms with van der Waals surface area (Å²) in [6.07, 6.45) is 2.57. The van der Waals surface area contributed by atoms with Crippen LogP contribution in [0.5, 0.6) is 11.5 Å². The van der Waals surface area contributed by atoms with E-state index >= 15 is 0 Å². The van der Waals surface area contributed by atoms with E-state index in [0.717, 1.165) is 22.0 Å². The van der Waals surface area contributed by atoms with Gasteiger partial charge in [-0.05, 0) is 56.0 Å². The predicted molar refractivity (Wildman–Crippen MR) is 141 cm³/mol. The lowest BCUT2D eigenvalue weighted by Gasteiger charge is -2.41. The number of rotatable bonds is 7. The summed E-state index contributed by atoms with van der Waals surface area (Å²) in [5.41, 5.74) is 3.15. The van der Waals surface area contributed by atoms with E-state index in [2.05, 4.69) is 4.98 Å². The lowest BCUT2D eigenvalue weighted by atomic mass is 9.87. The van der Waals surface area contributed by atoms with Crippen molar-refractivity contribution in [1.29, 1.82) is 0 Å². The van der Waals surface area contributed by atoms with Crippen molar-refractivity contribution in [3.63, 3.8) is 0 Å². The third kappa shape index (κ3) is 4.65. The molecule has 2 heterocycles. The highest BCUT2D eigenvalue weighted by Crippen LogP contribution is 2.38. The van der Waals surface area contributed by atoms with Gasteiger partial charge in [0.25, 0.3) is 5.91 Å². The molecule has 4 aromatic rings. The molecule has 7 nitrogen and oxygen atoms in total. The number of hydrogen-bond donors (Lipinski definition) is 2. The normalized spacial score (nSPS) is 14.5. The Balaban J connectivity index is 1.43. The number of benzene rings is 3. The number of hydrogen-bond acceptors (Lipinski definition) is 4. The number of carboxylic acid groups (broad SMARTS) is 1. The topological polar surface area (TPSA) is 91.9 Å². The SMILES string of the molecule is Cc1ccccc1OC(Oc1ccccc1C)(C(=O)O)C1CCN(C(=O)c2c[nH]c3ccccc23)CC1.